The van der Waals surface area contributed by atoms with Crippen LogP contribution in [0.15, 0.2) is 0 Å². The Morgan fingerprint density at radius 3 is 2.18 bits per heavy atom. The lowest BCUT2D eigenvalue weighted by molar-refractivity contribution is -0.141. The lowest BCUT2D eigenvalue weighted by Gasteiger charge is -2.24. The molecule has 98 valence electrons. The Morgan fingerprint density at radius 2 is 1.65 bits per heavy atom. The van der Waals surface area contributed by atoms with Crippen LogP contribution in [0.25, 0.3) is 0 Å². The Kier molecular flexibility index (Phi) is 6.67. The van der Waals surface area contributed by atoms with Gasteiger partial charge in [-0.3, -0.25) is 10.2 Å². The molecule has 0 radical (unpaired) electrons. The third-order valence-corrected chi connectivity index (χ3v) is 3.10. The number of carbonyl (C=O) groups excluding carboxylic acids is 1. The van der Waals surface area contributed by atoms with E-state index in [1.54, 1.807) is 6.92 Å². The summed E-state index contributed by atoms with van der Waals surface area (Å²) >= 11 is 0. The van der Waals surface area contributed by atoms with Crippen molar-refractivity contribution in [3.8, 4) is 0 Å². The maximum absolute atomic E-state index is 11.3. The molecule has 0 aliphatic carbocycles. The summed E-state index contributed by atoms with van der Waals surface area (Å²) in [6, 6.07) is 0. The average molecular weight is 240 g/mol. The van der Waals surface area contributed by atoms with E-state index < -0.39 is 0 Å². The zero-order chi connectivity index (χ0) is 12.5. The predicted octanol–water partition coefficient (Wildman–Crippen LogP) is 2.57. The van der Waals surface area contributed by atoms with E-state index in [0.717, 1.165) is 25.9 Å². The van der Waals surface area contributed by atoms with Crippen molar-refractivity contribution in [1.29, 1.82) is 5.41 Å². The third-order valence-electron chi connectivity index (χ3n) is 3.10. The van der Waals surface area contributed by atoms with Gasteiger partial charge in [-0.2, -0.15) is 0 Å². The molecule has 4 nitrogen and oxygen atoms in total. The topological polar surface area (TPSA) is 53.4 Å². The molecule has 1 aliphatic heterocycles. The largest absolute Gasteiger partial charge is 0.466 e. The minimum Gasteiger partial charge on any atom is -0.466 e. The molecule has 17 heavy (non-hydrogen) atoms. The van der Waals surface area contributed by atoms with Gasteiger partial charge in [0.15, 0.2) is 0 Å². The lowest BCUT2D eigenvalue weighted by Crippen LogP contribution is -2.34. The van der Waals surface area contributed by atoms with Gasteiger partial charge < -0.3 is 9.64 Å². The summed E-state index contributed by atoms with van der Waals surface area (Å²) in [5.74, 6) is 0.141. The van der Waals surface area contributed by atoms with Crippen LogP contribution in [0.5, 0.6) is 0 Å². The fraction of sp³-hybridized carbons (Fsp3) is 0.846. The lowest BCUT2D eigenvalue weighted by atomic mass is 10.1. The van der Waals surface area contributed by atoms with Crippen molar-refractivity contribution in [1.82, 2.24) is 4.90 Å². The molecular weight excluding hydrogens is 216 g/mol. The molecule has 0 aromatic heterocycles. The maximum Gasteiger partial charge on any atom is 0.313 e. The van der Waals surface area contributed by atoms with Crippen LogP contribution in [-0.2, 0) is 9.53 Å². The summed E-state index contributed by atoms with van der Waals surface area (Å²) in [7, 11) is 0. The van der Waals surface area contributed by atoms with Crippen molar-refractivity contribution in [2.45, 2.75) is 51.9 Å². The van der Waals surface area contributed by atoms with Crippen LogP contribution in [0.2, 0.25) is 0 Å². The van der Waals surface area contributed by atoms with E-state index in [2.05, 4.69) is 0 Å². The maximum atomic E-state index is 11.3. The van der Waals surface area contributed by atoms with Gasteiger partial charge in [0.1, 0.15) is 12.3 Å². The first-order valence-corrected chi connectivity index (χ1v) is 6.72. The van der Waals surface area contributed by atoms with Gasteiger partial charge in [0.2, 0.25) is 0 Å². The third kappa shape index (κ3) is 5.71. The zero-order valence-electron chi connectivity index (χ0n) is 10.8. The Balaban J connectivity index is 2.38. The zero-order valence-corrected chi connectivity index (χ0v) is 10.8. The highest BCUT2D eigenvalue weighted by Gasteiger charge is 2.14. The van der Waals surface area contributed by atoms with Crippen molar-refractivity contribution < 1.29 is 9.53 Å². The highest BCUT2D eigenvalue weighted by atomic mass is 16.5. The molecule has 0 unspecified atom stereocenters. The van der Waals surface area contributed by atoms with Crippen LogP contribution in [0.4, 0.5) is 0 Å². The van der Waals surface area contributed by atoms with E-state index in [9.17, 15) is 4.79 Å². The van der Waals surface area contributed by atoms with Crippen molar-refractivity contribution in [3.63, 3.8) is 0 Å². The molecule has 0 amide bonds. The molecule has 0 spiro atoms. The number of nitrogens with zero attached hydrogens (tertiary/aromatic N) is 1. The first-order chi connectivity index (χ1) is 8.24. The molecule has 0 aromatic carbocycles. The summed E-state index contributed by atoms with van der Waals surface area (Å²) in [4.78, 5) is 13.4. The normalized spacial score (nSPS) is 17.8. The van der Waals surface area contributed by atoms with Gasteiger partial charge in [-0.05, 0) is 19.8 Å². The Labute approximate surface area is 104 Å². The number of hydrogen-bond donors (Lipinski definition) is 1. The summed E-state index contributed by atoms with van der Waals surface area (Å²) in [5.41, 5.74) is 0. The van der Waals surface area contributed by atoms with E-state index in [1.165, 1.54) is 25.7 Å². The van der Waals surface area contributed by atoms with Gasteiger partial charge >= 0.3 is 5.97 Å². The van der Waals surface area contributed by atoms with Gasteiger partial charge in [-0.15, -0.1) is 0 Å². The molecule has 1 saturated heterocycles. The minimum atomic E-state index is -0.280. The second kappa shape index (κ2) is 8.09. The van der Waals surface area contributed by atoms with Crippen LogP contribution in [0.3, 0.4) is 0 Å². The molecule has 0 saturated carbocycles. The van der Waals surface area contributed by atoms with Crippen molar-refractivity contribution in [2.75, 3.05) is 19.7 Å². The summed E-state index contributed by atoms with van der Waals surface area (Å²) in [5, 5.41) is 7.96. The molecule has 1 aliphatic rings. The molecule has 4 heteroatoms. The number of nitrogens with one attached hydrogen (secondary N) is 1. The summed E-state index contributed by atoms with van der Waals surface area (Å²) in [6.45, 7) is 4.02. The summed E-state index contributed by atoms with van der Waals surface area (Å²) in [6.07, 6.45) is 7.47. The smallest absolute Gasteiger partial charge is 0.313 e. The van der Waals surface area contributed by atoms with E-state index >= 15 is 0 Å². The monoisotopic (exact) mass is 240 g/mol. The molecule has 0 aromatic rings. The Hall–Kier alpha value is -1.06. The average Bonchev–Trinajstić information content (AvgIpc) is 2.42. The van der Waals surface area contributed by atoms with Crippen molar-refractivity contribution >= 4 is 11.8 Å². The highest BCUT2D eigenvalue weighted by molar-refractivity contribution is 5.95. The van der Waals surface area contributed by atoms with Crippen LogP contribution < -0.4 is 0 Å². The molecule has 1 N–H and O–H groups in total. The number of carbonyl (C=O) groups is 1. The van der Waals surface area contributed by atoms with Crippen LogP contribution in [0, 0.1) is 5.41 Å². The fourth-order valence-electron chi connectivity index (χ4n) is 2.15. The molecule has 1 heterocycles. The minimum absolute atomic E-state index is 0.119. The second-order valence-electron chi connectivity index (χ2n) is 4.54. The van der Waals surface area contributed by atoms with Gasteiger partial charge in [-0.1, -0.05) is 25.7 Å². The van der Waals surface area contributed by atoms with E-state index in [1.807, 2.05) is 4.90 Å². The molecule has 1 rings (SSSR count). The van der Waals surface area contributed by atoms with Crippen LogP contribution in [0.1, 0.15) is 51.9 Å². The number of esters is 1. The summed E-state index contributed by atoms with van der Waals surface area (Å²) < 4.78 is 4.88. The molecular formula is C13H24N2O2. The van der Waals surface area contributed by atoms with Crippen molar-refractivity contribution in [2.24, 2.45) is 0 Å². The first-order valence-electron chi connectivity index (χ1n) is 6.72. The number of rotatable bonds is 3. The van der Waals surface area contributed by atoms with E-state index in [0.29, 0.717) is 12.4 Å². The number of ether oxygens (including phenoxy) is 1. The number of amidine groups is 1. The van der Waals surface area contributed by atoms with Gasteiger partial charge in [0, 0.05) is 13.1 Å². The van der Waals surface area contributed by atoms with E-state index in [-0.39, 0.29) is 12.4 Å². The fourth-order valence-corrected chi connectivity index (χ4v) is 2.15. The molecule has 0 atom stereocenters. The van der Waals surface area contributed by atoms with Crippen LogP contribution in [-0.4, -0.2) is 36.4 Å². The molecule has 0 bridgehead atoms. The second-order valence-corrected chi connectivity index (χ2v) is 4.54. The Morgan fingerprint density at radius 1 is 1.12 bits per heavy atom. The quantitative estimate of drug-likeness (QED) is 0.468. The SMILES string of the molecule is CCOC(=O)CC(=N)N1CCCCCCCC1. The molecule has 1 fully saturated rings. The Bertz CT molecular complexity index is 244. The first kappa shape index (κ1) is 14.0. The highest BCUT2D eigenvalue weighted by Crippen LogP contribution is 2.12. The standard InChI is InChI=1S/C13H24N2O2/c1-2-17-13(16)11-12(14)15-9-7-5-3-4-6-8-10-15/h14H,2-11H2,1H3. The van der Waals surface area contributed by atoms with Gasteiger partial charge in [0.05, 0.1) is 6.61 Å². The van der Waals surface area contributed by atoms with E-state index in [4.69, 9.17) is 10.1 Å². The number of hydrogen-bond acceptors (Lipinski definition) is 3. The predicted molar refractivity (Wildman–Crippen MR) is 68.3 cm³/mol. The van der Waals surface area contributed by atoms with Gasteiger partial charge in [0.25, 0.3) is 0 Å². The van der Waals surface area contributed by atoms with Crippen molar-refractivity contribution in [3.05, 3.63) is 0 Å². The van der Waals surface area contributed by atoms with Crippen LogP contribution >= 0.6 is 0 Å². The van der Waals surface area contributed by atoms with Gasteiger partial charge in [-0.25, -0.2) is 0 Å².